The molecular weight excluding hydrogens is 438 g/mol. The molecule has 32 heavy (non-hydrogen) atoms. The molecule has 0 aliphatic carbocycles. The predicted octanol–water partition coefficient (Wildman–Crippen LogP) is 3.38. The quantitative estimate of drug-likeness (QED) is 0.425. The van der Waals surface area contributed by atoms with Crippen LogP contribution >= 0.6 is 11.6 Å². The minimum Gasteiger partial charge on any atom is -0.465 e. The van der Waals surface area contributed by atoms with Gasteiger partial charge in [0.25, 0.3) is 5.91 Å². The molecule has 4 heterocycles. The van der Waals surface area contributed by atoms with Gasteiger partial charge in [0.05, 0.1) is 28.2 Å². The second-order valence-electron chi connectivity index (χ2n) is 7.47. The van der Waals surface area contributed by atoms with Crippen LogP contribution in [0.1, 0.15) is 29.4 Å². The molecule has 164 valence electrons. The summed E-state index contributed by atoms with van der Waals surface area (Å²) in [6.07, 6.45) is 1.71. The molecule has 1 atom stereocenters. The number of aromatic nitrogens is 4. The van der Waals surface area contributed by atoms with E-state index in [0.29, 0.717) is 41.4 Å². The number of halogens is 1. The molecule has 5 rings (SSSR count). The number of nitrogens with two attached hydrogens (primary N) is 1. The van der Waals surface area contributed by atoms with Gasteiger partial charge in [-0.25, -0.2) is 9.78 Å². The fourth-order valence-corrected chi connectivity index (χ4v) is 4.22. The van der Waals surface area contributed by atoms with Gasteiger partial charge in [-0.1, -0.05) is 23.7 Å². The molecule has 3 aromatic heterocycles. The average molecular weight is 456 g/mol. The zero-order chi connectivity index (χ0) is 22.4. The predicted molar refractivity (Wildman–Crippen MR) is 117 cm³/mol. The van der Waals surface area contributed by atoms with E-state index in [4.69, 9.17) is 21.8 Å². The molecule has 0 radical (unpaired) electrons. The normalized spacial score (nSPS) is 16.5. The Morgan fingerprint density at radius 2 is 2.12 bits per heavy atom. The number of benzene rings is 1. The monoisotopic (exact) mass is 455 g/mol. The van der Waals surface area contributed by atoms with Gasteiger partial charge < -0.3 is 20.2 Å². The third kappa shape index (κ3) is 3.36. The summed E-state index contributed by atoms with van der Waals surface area (Å²) in [4.78, 5) is 34.2. The van der Waals surface area contributed by atoms with E-state index >= 15 is 0 Å². The van der Waals surface area contributed by atoms with Crippen LogP contribution in [0, 0.1) is 0 Å². The maximum Gasteiger partial charge on any atom is 0.407 e. The van der Waals surface area contributed by atoms with Crippen LogP contribution in [-0.2, 0) is 0 Å². The number of fused-ring (bicyclic) bond motifs is 2. The van der Waals surface area contributed by atoms with E-state index < -0.39 is 12.0 Å². The molecule has 1 fully saturated rings. The first-order valence-corrected chi connectivity index (χ1v) is 10.3. The summed E-state index contributed by atoms with van der Waals surface area (Å²) < 4.78 is 7.14. The Bertz CT molecular complexity index is 1330. The summed E-state index contributed by atoms with van der Waals surface area (Å²) in [7, 11) is 0. The number of anilines is 2. The van der Waals surface area contributed by atoms with E-state index in [2.05, 4.69) is 20.4 Å². The van der Waals surface area contributed by atoms with Gasteiger partial charge in [-0.05, 0) is 25.0 Å². The van der Waals surface area contributed by atoms with E-state index in [0.717, 1.165) is 0 Å². The molecule has 2 amide bonds. The number of nitrogens with zero attached hydrogens (tertiary/aromatic N) is 5. The third-order valence-electron chi connectivity index (χ3n) is 5.45. The SMILES string of the molecule is Nc1ncc(Cl)c2c1c(C(=O)Nc1nc3ccccc3o1)nn2[C@@H]1CCCN(C(=O)O)C1. The number of carboxylic acid groups (broad SMARTS) is 1. The number of carbonyl (C=O) groups is 2. The molecule has 4 N–H and O–H groups in total. The molecule has 1 aliphatic heterocycles. The molecule has 11 nitrogen and oxygen atoms in total. The summed E-state index contributed by atoms with van der Waals surface area (Å²) >= 11 is 6.41. The topological polar surface area (TPSA) is 152 Å². The summed E-state index contributed by atoms with van der Waals surface area (Å²) in [5, 5.41) is 17.0. The third-order valence-corrected chi connectivity index (χ3v) is 5.73. The fourth-order valence-electron chi connectivity index (χ4n) is 3.99. The number of oxazole rings is 1. The van der Waals surface area contributed by atoms with Gasteiger partial charge in [-0.15, -0.1) is 0 Å². The summed E-state index contributed by atoms with van der Waals surface area (Å²) in [6, 6.07) is 6.81. The number of carbonyl (C=O) groups excluding carboxylic acids is 1. The Balaban J connectivity index is 1.56. The standard InChI is InChI=1S/C20H18ClN7O4/c21-11-8-23-17(22)14-15(18(29)25-19-24-12-5-1-2-6-13(12)32-19)26-28(16(11)14)10-4-3-7-27(9-10)20(30)31/h1-2,5-6,8,10H,3-4,7,9H2,(H2,22,23)(H,30,31)(H,24,25,29)/t10-/m1/s1. The van der Waals surface area contributed by atoms with Crippen molar-refractivity contribution in [3.63, 3.8) is 0 Å². The molecule has 0 bridgehead atoms. The van der Waals surface area contributed by atoms with E-state index in [9.17, 15) is 14.7 Å². The second-order valence-corrected chi connectivity index (χ2v) is 7.88. The molecule has 0 spiro atoms. The summed E-state index contributed by atoms with van der Waals surface area (Å²) in [5.41, 5.74) is 7.64. The highest BCUT2D eigenvalue weighted by molar-refractivity contribution is 6.36. The van der Waals surface area contributed by atoms with Crippen LogP contribution in [0.2, 0.25) is 5.02 Å². The fraction of sp³-hybridized carbons (Fsp3) is 0.250. The van der Waals surface area contributed by atoms with E-state index in [-0.39, 0.29) is 35.1 Å². The summed E-state index contributed by atoms with van der Waals surface area (Å²) in [6.45, 7) is 0.657. The number of piperidine rings is 1. The second kappa shape index (κ2) is 7.68. The van der Waals surface area contributed by atoms with Gasteiger partial charge in [0, 0.05) is 13.1 Å². The van der Waals surface area contributed by atoms with Gasteiger partial charge in [-0.3, -0.25) is 14.8 Å². The van der Waals surface area contributed by atoms with Crippen molar-refractivity contribution in [3.8, 4) is 0 Å². The number of nitrogens with one attached hydrogen (secondary N) is 1. The lowest BCUT2D eigenvalue weighted by Gasteiger charge is -2.31. The van der Waals surface area contributed by atoms with Crippen molar-refractivity contribution in [3.05, 3.63) is 41.2 Å². The largest absolute Gasteiger partial charge is 0.465 e. The maximum absolute atomic E-state index is 13.1. The Hall–Kier alpha value is -3.86. The Morgan fingerprint density at radius 3 is 2.91 bits per heavy atom. The number of nitrogen functional groups attached to an aromatic ring is 1. The molecule has 1 aliphatic rings. The highest BCUT2D eigenvalue weighted by Crippen LogP contribution is 2.34. The highest BCUT2D eigenvalue weighted by atomic mass is 35.5. The van der Waals surface area contributed by atoms with Crippen LogP contribution in [0.5, 0.6) is 0 Å². The minimum atomic E-state index is -1.01. The highest BCUT2D eigenvalue weighted by Gasteiger charge is 2.30. The molecule has 1 aromatic carbocycles. The van der Waals surface area contributed by atoms with Crippen LogP contribution in [0.15, 0.2) is 34.9 Å². The Morgan fingerprint density at radius 1 is 1.31 bits per heavy atom. The number of likely N-dealkylation sites (tertiary alicyclic amines) is 1. The first-order valence-electron chi connectivity index (χ1n) is 9.89. The van der Waals surface area contributed by atoms with Gasteiger partial charge in [0.2, 0.25) is 0 Å². The van der Waals surface area contributed by atoms with Crippen molar-refractivity contribution in [1.82, 2.24) is 24.6 Å². The van der Waals surface area contributed by atoms with Crippen molar-refractivity contribution in [2.45, 2.75) is 18.9 Å². The first-order chi connectivity index (χ1) is 15.4. The number of amides is 2. The molecule has 4 aromatic rings. The molecule has 0 saturated carbocycles. The molecule has 0 unspecified atom stereocenters. The number of rotatable bonds is 3. The maximum atomic E-state index is 13.1. The lowest BCUT2D eigenvalue weighted by molar-refractivity contribution is 0.101. The van der Waals surface area contributed by atoms with Crippen LogP contribution in [0.3, 0.4) is 0 Å². The van der Waals surface area contributed by atoms with E-state index in [1.807, 2.05) is 6.07 Å². The van der Waals surface area contributed by atoms with Gasteiger partial charge >= 0.3 is 12.1 Å². The van der Waals surface area contributed by atoms with Gasteiger partial charge in [0.1, 0.15) is 11.3 Å². The Labute approximate surface area is 185 Å². The number of para-hydroxylation sites is 2. The number of hydrogen-bond acceptors (Lipinski definition) is 7. The van der Waals surface area contributed by atoms with Crippen LogP contribution in [-0.4, -0.2) is 54.8 Å². The van der Waals surface area contributed by atoms with E-state index in [1.54, 1.807) is 22.9 Å². The van der Waals surface area contributed by atoms with Gasteiger partial charge in [-0.2, -0.15) is 10.1 Å². The number of pyridine rings is 1. The smallest absolute Gasteiger partial charge is 0.407 e. The van der Waals surface area contributed by atoms with Crippen molar-refractivity contribution < 1.29 is 19.1 Å². The van der Waals surface area contributed by atoms with Crippen LogP contribution < -0.4 is 11.1 Å². The van der Waals surface area contributed by atoms with Crippen molar-refractivity contribution in [1.29, 1.82) is 0 Å². The molecular formula is C20H18ClN7O4. The molecule has 12 heteroatoms. The zero-order valence-corrected chi connectivity index (χ0v) is 17.4. The molecule has 1 saturated heterocycles. The van der Waals surface area contributed by atoms with Crippen molar-refractivity contribution >= 4 is 57.4 Å². The van der Waals surface area contributed by atoms with Crippen molar-refractivity contribution in [2.24, 2.45) is 0 Å². The minimum absolute atomic E-state index is 0.00204. The van der Waals surface area contributed by atoms with Gasteiger partial charge in [0.15, 0.2) is 11.3 Å². The van der Waals surface area contributed by atoms with Crippen LogP contribution in [0.25, 0.3) is 22.0 Å². The summed E-state index contributed by atoms with van der Waals surface area (Å²) in [5.74, 6) is -0.508. The lowest BCUT2D eigenvalue weighted by Crippen LogP contribution is -2.40. The number of hydrogen-bond donors (Lipinski definition) is 3. The Kier molecular flexibility index (Phi) is 4.82. The first kappa shape index (κ1) is 20.1. The average Bonchev–Trinajstić information content (AvgIpc) is 3.38. The van der Waals surface area contributed by atoms with Crippen LogP contribution in [0.4, 0.5) is 16.6 Å². The van der Waals surface area contributed by atoms with Crippen molar-refractivity contribution in [2.75, 3.05) is 24.1 Å². The lowest BCUT2D eigenvalue weighted by atomic mass is 10.1. The zero-order valence-electron chi connectivity index (χ0n) is 16.7. The van der Waals surface area contributed by atoms with E-state index in [1.165, 1.54) is 11.1 Å².